The first kappa shape index (κ1) is 14.0. The van der Waals surface area contributed by atoms with Crippen LogP contribution in [0.3, 0.4) is 0 Å². The molecule has 0 atom stereocenters. The highest BCUT2D eigenvalue weighted by Crippen LogP contribution is 2.48. The molecule has 2 aromatic heterocycles. The van der Waals surface area contributed by atoms with Crippen LogP contribution in [-0.4, -0.2) is 45.3 Å². The number of H-pyrrole nitrogens is 1. The maximum atomic E-state index is 6.44. The molecule has 1 saturated heterocycles. The van der Waals surface area contributed by atoms with Crippen LogP contribution in [0.25, 0.3) is 10.9 Å². The number of nitrogens with one attached hydrogen (secondary N) is 1. The third-order valence-corrected chi connectivity index (χ3v) is 5.40. The van der Waals surface area contributed by atoms with Crippen LogP contribution in [0.5, 0.6) is 0 Å². The van der Waals surface area contributed by atoms with Gasteiger partial charge in [0.1, 0.15) is 0 Å². The van der Waals surface area contributed by atoms with Crippen molar-refractivity contribution >= 4 is 34.3 Å². The molecule has 0 radical (unpaired) electrons. The second-order valence-corrected chi connectivity index (χ2v) is 6.96. The van der Waals surface area contributed by atoms with Gasteiger partial charge in [-0.15, -0.1) is 0 Å². The van der Waals surface area contributed by atoms with E-state index in [-0.39, 0.29) is 5.54 Å². The van der Waals surface area contributed by atoms with Gasteiger partial charge in [0.2, 0.25) is 5.95 Å². The lowest BCUT2D eigenvalue weighted by atomic mass is 10.1. The highest BCUT2D eigenvalue weighted by molar-refractivity contribution is 6.36. The average Bonchev–Trinajstić information content (AvgIpc) is 3.23. The molecule has 3 aromatic rings. The molecule has 1 aliphatic carbocycles. The first-order chi connectivity index (χ1) is 11.8. The number of piperazine rings is 1. The Kier molecular flexibility index (Phi) is 2.97. The molecular weight excluding hydrogens is 324 g/mol. The summed E-state index contributed by atoms with van der Waals surface area (Å²) < 4.78 is 0. The van der Waals surface area contributed by atoms with Gasteiger partial charge in [-0.05, 0) is 31.0 Å². The fraction of sp³-hybridized carbons (Fsp3) is 0.353. The fourth-order valence-electron chi connectivity index (χ4n) is 3.71. The van der Waals surface area contributed by atoms with Gasteiger partial charge in [0.25, 0.3) is 0 Å². The van der Waals surface area contributed by atoms with Crippen LogP contribution in [0.2, 0.25) is 5.02 Å². The second-order valence-electron chi connectivity index (χ2n) is 6.56. The summed E-state index contributed by atoms with van der Waals surface area (Å²) in [4.78, 5) is 13.5. The van der Waals surface area contributed by atoms with Crippen molar-refractivity contribution in [1.29, 1.82) is 0 Å². The van der Waals surface area contributed by atoms with E-state index in [9.17, 15) is 0 Å². The lowest BCUT2D eigenvalue weighted by molar-refractivity contribution is 0.500. The van der Waals surface area contributed by atoms with Crippen molar-refractivity contribution in [2.24, 2.45) is 0 Å². The standard InChI is InChI=1S/C17H17ClN6/c18-12-3-1-4-13-14(12)15(22-21-13)24-10-9-23(11-17(24)5-6-17)16-19-7-2-8-20-16/h1-4,7-8H,5-6,9-11H2,(H,21,22). The average molecular weight is 341 g/mol. The van der Waals surface area contributed by atoms with E-state index in [4.69, 9.17) is 11.6 Å². The Bertz CT molecular complexity index is 888. The molecule has 0 amide bonds. The Morgan fingerprint density at radius 1 is 1.08 bits per heavy atom. The number of aromatic amines is 1. The molecule has 1 saturated carbocycles. The maximum Gasteiger partial charge on any atom is 0.225 e. The van der Waals surface area contributed by atoms with Crippen LogP contribution < -0.4 is 9.80 Å². The molecule has 6 nitrogen and oxygen atoms in total. The van der Waals surface area contributed by atoms with Crippen LogP contribution in [-0.2, 0) is 0 Å². The van der Waals surface area contributed by atoms with Crippen LogP contribution >= 0.6 is 11.6 Å². The number of aromatic nitrogens is 4. The van der Waals surface area contributed by atoms with Crippen LogP contribution in [0, 0.1) is 0 Å². The number of anilines is 2. The number of benzene rings is 1. The van der Waals surface area contributed by atoms with Gasteiger partial charge in [-0.25, -0.2) is 9.97 Å². The molecule has 1 spiro atoms. The lowest BCUT2D eigenvalue weighted by Gasteiger charge is -2.42. The van der Waals surface area contributed by atoms with E-state index in [2.05, 4.69) is 30.0 Å². The van der Waals surface area contributed by atoms with Crippen molar-refractivity contribution in [2.75, 3.05) is 29.4 Å². The predicted octanol–water partition coefficient (Wildman–Crippen LogP) is 2.87. The molecule has 5 rings (SSSR count). The highest BCUT2D eigenvalue weighted by atomic mass is 35.5. The maximum absolute atomic E-state index is 6.44. The molecular formula is C17H17ClN6. The number of nitrogens with zero attached hydrogens (tertiary/aromatic N) is 5. The zero-order valence-electron chi connectivity index (χ0n) is 13.1. The first-order valence-electron chi connectivity index (χ1n) is 8.19. The summed E-state index contributed by atoms with van der Waals surface area (Å²) in [5.74, 6) is 1.79. The Hall–Kier alpha value is -2.34. The fourth-order valence-corrected chi connectivity index (χ4v) is 3.97. The molecule has 24 heavy (non-hydrogen) atoms. The van der Waals surface area contributed by atoms with Crippen molar-refractivity contribution in [2.45, 2.75) is 18.4 Å². The summed E-state index contributed by atoms with van der Waals surface area (Å²) in [6.07, 6.45) is 5.93. The van der Waals surface area contributed by atoms with Gasteiger partial charge in [0.15, 0.2) is 5.82 Å². The number of hydrogen-bond donors (Lipinski definition) is 1. The van der Waals surface area contributed by atoms with E-state index >= 15 is 0 Å². The lowest BCUT2D eigenvalue weighted by Crippen LogP contribution is -2.56. The molecule has 1 aromatic carbocycles. The summed E-state index contributed by atoms with van der Waals surface area (Å²) in [7, 11) is 0. The van der Waals surface area contributed by atoms with Crippen molar-refractivity contribution in [1.82, 2.24) is 20.2 Å². The third kappa shape index (κ3) is 2.06. The molecule has 122 valence electrons. The van der Waals surface area contributed by atoms with E-state index in [0.29, 0.717) is 0 Å². The summed E-state index contributed by atoms with van der Waals surface area (Å²) in [5, 5.41) is 9.47. The Morgan fingerprint density at radius 3 is 2.71 bits per heavy atom. The van der Waals surface area contributed by atoms with Crippen LogP contribution in [0.4, 0.5) is 11.8 Å². The summed E-state index contributed by atoms with van der Waals surface area (Å²) in [6, 6.07) is 7.75. The van der Waals surface area contributed by atoms with Gasteiger partial charge in [-0.1, -0.05) is 17.7 Å². The normalized spacial score (nSPS) is 19.2. The molecule has 1 aliphatic heterocycles. The Balaban J connectivity index is 1.50. The van der Waals surface area contributed by atoms with Crippen molar-refractivity contribution in [3.05, 3.63) is 41.7 Å². The molecule has 2 aliphatic rings. The largest absolute Gasteiger partial charge is 0.345 e. The third-order valence-electron chi connectivity index (χ3n) is 5.09. The molecule has 1 N–H and O–H groups in total. The van der Waals surface area contributed by atoms with Gasteiger partial charge in [-0.3, -0.25) is 5.10 Å². The number of halogens is 1. The summed E-state index contributed by atoms with van der Waals surface area (Å²) in [6.45, 7) is 2.70. The summed E-state index contributed by atoms with van der Waals surface area (Å²) in [5.41, 5.74) is 1.11. The number of fused-ring (bicyclic) bond motifs is 1. The summed E-state index contributed by atoms with van der Waals surface area (Å²) >= 11 is 6.44. The molecule has 7 heteroatoms. The quantitative estimate of drug-likeness (QED) is 0.777. The minimum atomic E-state index is 0.124. The second kappa shape index (κ2) is 5.08. The van der Waals surface area contributed by atoms with E-state index in [0.717, 1.165) is 60.2 Å². The molecule has 3 heterocycles. The highest BCUT2D eigenvalue weighted by Gasteiger charge is 2.52. The van der Waals surface area contributed by atoms with E-state index in [1.54, 1.807) is 12.4 Å². The number of hydrogen-bond acceptors (Lipinski definition) is 5. The SMILES string of the molecule is Clc1cccc2[nH]nc(N3CCN(c4ncccn4)CC34CC4)c12. The van der Waals surface area contributed by atoms with E-state index < -0.39 is 0 Å². The van der Waals surface area contributed by atoms with Gasteiger partial charge >= 0.3 is 0 Å². The topological polar surface area (TPSA) is 60.9 Å². The monoisotopic (exact) mass is 340 g/mol. The van der Waals surface area contributed by atoms with Crippen LogP contribution in [0.15, 0.2) is 36.7 Å². The molecule has 0 bridgehead atoms. The minimum Gasteiger partial charge on any atom is -0.345 e. The van der Waals surface area contributed by atoms with Crippen molar-refractivity contribution < 1.29 is 0 Å². The van der Waals surface area contributed by atoms with E-state index in [1.165, 1.54) is 0 Å². The van der Waals surface area contributed by atoms with Crippen molar-refractivity contribution in [3.63, 3.8) is 0 Å². The minimum absolute atomic E-state index is 0.124. The van der Waals surface area contributed by atoms with Gasteiger partial charge < -0.3 is 9.80 Å². The van der Waals surface area contributed by atoms with Crippen LogP contribution in [0.1, 0.15) is 12.8 Å². The zero-order chi connectivity index (χ0) is 16.1. The first-order valence-corrected chi connectivity index (χ1v) is 8.57. The van der Waals surface area contributed by atoms with Crippen molar-refractivity contribution in [3.8, 4) is 0 Å². The molecule has 0 unspecified atom stereocenters. The van der Waals surface area contributed by atoms with E-state index in [1.807, 2.05) is 24.3 Å². The number of rotatable bonds is 2. The predicted molar refractivity (Wildman–Crippen MR) is 94.7 cm³/mol. The molecule has 2 fully saturated rings. The van der Waals surface area contributed by atoms with Gasteiger partial charge in [-0.2, -0.15) is 5.10 Å². The van der Waals surface area contributed by atoms with Gasteiger partial charge in [0, 0.05) is 32.0 Å². The Morgan fingerprint density at radius 2 is 1.92 bits per heavy atom. The Labute approximate surface area is 144 Å². The smallest absolute Gasteiger partial charge is 0.225 e. The zero-order valence-corrected chi connectivity index (χ0v) is 13.9. The van der Waals surface area contributed by atoms with Gasteiger partial charge in [0.05, 0.1) is 21.5 Å².